The molecule has 8 nitrogen and oxygen atoms in total. The van der Waals surface area contributed by atoms with Gasteiger partial charge in [0.1, 0.15) is 5.75 Å². The van der Waals surface area contributed by atoms with Gasteiger partial charge in [0.05, 0.1) is 30.5 Å². The lowest BCUT2D eigenvalue weighted by Crippen LogP contribution is -2.13. The highest BCUT2D eigenvalue weighted by Gasteiger charge is 2.10. The van der Waals surface area contributed by atoms with E-state index in [4.69, 9.17) is 9.47 Å². The quantitative estimate of drug-likeness (QED) is 0.592. The van der Waals surface area contributed by atoms with E-state index in [-0.39, 0.29) is 5.91 Å². The molecule has 0 aliphatic rings. The van der Waals surface area contributed by atoms with E-state index >= 15 is 0 Å². The van der Waals surface area contributed by atoms with Crippen LogP contribution in [-0.2, 0) is 4.74 Å². The Morgan fingerprint density at radius 1 is 0.966 bits per heavy atom. The van der Waals surface area contributed by atoms with E-state index in [9.17, 15) is 9.59 Å². The smallest absolute Gasteiger partial charge is 0.338 e. The maximum Gasteiger partial charge on any atom is 0.338 e. The van der Waals surface area contributed by atoms with Crippen molar-refractivity contribution in [3.63, 3.8) is 0 Å². The Morgan fingerprint density at radius 3 is 2.31 bits per heavy atom. The molecule has 0 atom stereocenters. The molecule has 0 saturated carbocycles. The number of carbonyl (C=O) groups is 2. The van der Waals surface area contributed by atoms with Gasteiger partial charge in [0.15, 0.2) is 0 Å². The van der Waals surface area contributed by atoms with E-state index in [1.54, 1.807) is 38.3 Å². The largest absolute Gasteiger partial charge is 0.495 e. The first-order chi connectivity index (χ1) is 14.1. The fourth-order valence-electron chi connectivity index (χ4n) is 2.49. The van der Waals surface area contributed by atoms with Gasteiger partial charge in [-0.2, -0.15) is 0 Å². The van der Waals surface area contributed by atoms with Crippen molar-refractivity contribution in [2.24, 2.45) is 0 Å². The number of carbonyl (C=O) groups excluding carboxylic acids is 2. The number of ether oxygens (including phenoxy) is 2. The van der Waals surface area contributed by atoms with Crippen LogP contribution in [0.25, 0.3) is 0 Å². The number of methoxy groups -OCH3 is 1. The monoisotopic (exact) mass is 392 g/mol. The van der Waals surface area contributed by atoms with E-state index < -0.39 is 5.97 Å². The van der Waals surface area contributed by atoms with Gasteiger partial charge >= 0.3 is 5.97 Å². The van der Waals surface area contributed by atoms with E-state index in [1.165, 1.54) is 12.4 Å². The van der Waals surface area contributed by atoms with Crippen LogP contribution in [0.4, 0.5) is 17.3 Å². The summed E-state index contributed by atoms with van der Waals surface area (Å²) < 4.78 is 10.2. The first kappa shape index (κ1) is 19.8. The highest BCUT2D eigenvalue weighted by Crippen LogP contribution is 2.25. The summed E-state index contributed by atoms with van der Waals surface area (Å²) in [7, 11) is 1.58. The molecular weight excluding hydrogens is 372 g/mol. The number of amides is 1. The average Bonchev–Trinajstić information content (AvgIpc) is 2.75. The predicted molar refractivity (Wildman–Crippen MR) is 109 cm³/mol. The summed E-state index contributed by atoms with van der Waals surface area (Å²) in [6, 6.07) is 13.8. The fraction of sp³-hybridized carbons (Fsp3) is 0.143. The van der Waals surface area contributed by atoms with Gasteiger partial charge in [-0.25, -0.2) is 14.8 Å². The molecule has 0 bridgehead atoms. The molecule has 3 rings (SSSR count). The molecule has 1 heterocycles. The topological polar surface area (TPSA) is 102 Å². The zero-order valence-corrected chi connectivity index (χ0v) is 16.0. The van der Waals surface area contributed by atoms with Crippen molar-refractivity contribution < 1.29 is 19.1 Å². The molecular formula is C21H20N4O4. The second kappa shape index (κ2) is 9.32. The minimum atomic E-state index is -0.406. The summed E-state index contributed by atoms with van der Waals surface area (Å²) in [5, 5.41) is 5.78. The van der Waals surface area contributed by atoms with E-state index in [0.717, 1.165) is 0 Å². The third kappa shape index (κ3) is 5.07. The molecule has 0 radical (unpaired) electrons. The van der Waals surface area contributed by atoms with Crippen molar-refractivity contribution >= 4 is 29.2 Å². The SMILES string of the molecule is CCOC(=O)c1ccc(NC(=O)c2cnc(Nc3ccccc3OC)nc2)cc1. The van der Waals surface area contributed by atoms with Gasteiger partial charge in [-0.05, 0) is 43.3 Å². The van der Waals surface area contributed by atoms with Crippen LogP contribution in [-0.4, -0.2) is 35.6 Å². The molecule has 3 aromatic rings. The number of hydrogen-bond acceptors (Lipinski definition) is 7. The van der Waals surface area contributed by atoms with E-state index in [1.807, 2.05) is 24.3 Å². The summed E-state index contributed by atoms with van der Waals surface area (Å²) in [4.78, 5) is 32.4. The van der Waals surface area contributed by atoms with Crippen LogP contribution < -0.4 is 15.4 Å². The Kier molecular flexibility index (Phi) is 6.36. The normalized spacial score (nSPS) is 10.1. The molecule has 0 saturated heterocycles. The second-order valence-electron chi connectivity index (χ2n) is 5.87. The Bertz CT molecular complexity index is 988. The molecule has 1 amide bonds. The van der Waals surface area contributed by atoms with Gasteiger partial charge < -0.3 is 20.1 Å². The lowest BCUT2D eigenvalue weighted by molar-refractivity contribution is 0.0526. The minimum Gasteiger partial charge on any atom is -0.495 e. The standard InChI is InChI=1S/C21H20N4O4/c1-3-29-20(27)14-8-10-16(11-9-14)24-19(26)15-12-22-21(23-13-15)25-17-6-4-5-7-18(17)28-2/h4-13H,3H2,1-2H3,(H,24,26)(H,22,23,25). The molecule has 0 aliphatic heterocycles. The number of para-hydroxylation sites is 2. The summed E-state index contributed by atoms with van der Waals surface area (Å²) in [6.07, 6.45) is 2.85. The highest BCUT2D eigenvalue weighted by molar-refractivity contribution is 6.04. The van der Waals surface area contributed by atoms with Gasteiger partial charge in [0.2, 0.25) is 5.95 Å². The third-order valence-corrected chi connectivity index (χ3v) is 3.92. The van der Waals surface area contributed by atoms with Gasteiger partial charge in [-0.15, -0.1) is 0 Å². The molecule has 0 spiro atoms. The molecule has 2 N–H and O–H groups in total. The Labute approximate surface area is 167 Å². The fourth-order valence-corrected chi connectivity index (χ4v) is 2.49. The molecule has 1 aromatic heterocycles. The molecule has 0 fully saturated rings. The van der Waals surface area contributed by atoms with Crippen LogP contribution in [0, 0.1) is 0 Å². The number of nitrogens with one attached hydrogen (secondary N) is 2. The van der Waals surface area contributed by atoms with Crippen molar-refractivity contribution in [2.75, 3.05) is 24.4 Å². The van der Waals surface area contributed by atoms with E-state index in [0.29, 0.717) is 40.8 Å². The lowest BCUT2D eigenvalue weighted by atomic mass is 10.2. The Morgan fingerprint density at radius 2 is 1.66 bits per heavy atom. The number of rotatable bonds is 7. The van der Waals surface area contributed by atoms with Gasteiger partial charge in [-0.1, -0.05) is 12.1 Å². The second-order valence-corrected chi connectivity index (χ2v) is 5.87. The maximum absolute atomic E-state index is 12.4. The van der Waals surface area contributed by atoms with Crippen LogP contribution in [0.15, 0.2) is 60.9 Å². The molecule has 8 heteroatoms. The lowest BCUT2D eigenvalue weighted by Gasteiger charge is -2.10. The predicted octanol–water partition coefficient (Wildman–Crippen LogP) is 3.66. The number of hydrogen-bond donors (Lipinski definition) is 2. The van der Waals surface area contributed by atoms with Gasteiger partial charge in [0.25, 0.3) is 5.91 Å². The van der Waals surface area contributed by atoms with Crippen molar-refractivity contribution in [1.82, 2.24) is 9.97 Å². The van der Waals surface area contributed by atoms with Crippen LogP contribution >= 0.6 is 0 Å². The van der Waals surface area contributed by atoms with Gasteiger partial charge in [0, 0.05) is 18.1 Å². The Balaban J connectivity index is 1.64. The first-order valence-electron chi connectivity index (χ1n) is 8.91. The molecule has 2 aromatic carbocycles. The van der Waals surface area contributed by atoms with Crippen LogP contribution in [0.1, 0.15) is 27.6 Å². The zero-order chi connectivity index (χ0) is 20.6. The number of benzene rings is 2. The van der Waals surface area contributed by atoms with Crippen molar-refractivity contribution in [1.29, 1.82) is 0 Å². The zero-order valence-electron chi connectivity index (χ0n) is 16.0. The van der Waals surface area contributed by atoms with Gasteiger partial charge in [-0.3, -0.25) is 4.79 Å². The van der Waals surface area contributed by atoms with Crippen molar-refractivity contribution in [3.05, 3.63) is 72.1 Å². The number of aromatic nitrogens is 2. The van der Waals surface area contributed by atoms with E-state index in [2.05, 4.69) is 20.6 Å². The minimum absolute atomic E-state index is 0.296. The maximum atomic E-state index is 12.4. The Hall–Kier alpha value is -3.94. The first-order valence-corrected chi connectivity index (χ1v) is 8.91. The molecule has 29 heavy (non-hydrogen) atoms. The third-order valence-electron chi connectivity index (χ3n) is 3.92. The van der Waals surface area contributed by atoms with Crippen LogP contribution in [0.5, 0.6) is 5.75 Å². The average molecular weight is 392 g/mol. The van der Waals surface area contributed by atoms with Crippen molar-refractivity contribution in [2.45, 2.75) is 6.92 Å². The molecule has 0 unspecified atom stereocenters. The summed E-state index contributed by atoms with van der Waals surface area (Å²) in [5.41, 5.74) is 1.97. The molecule has 0 aliphatic carbocycles. The number of nitrogens with zero attached hydrogens (tertiary/aromatic N) is 2. The van der Waals surface area contributed by atoms with Crippen LogP contribution in [0.2, 0.25) is 0 Å². The summed E-state index contributed by atoms with van der Waals surface area (Å²) >= 11 is 0. The molecule has 148 valence electrons. The summed E-state index contributed by atoms with van der Waals surface area (Å²) in [6.45, 7) is 2.05. The highest BCUT2D eigenvalue weighted by atomic mass is 16.5. The summed E-state index contributed by atoms with van der Waals surface area (Å²) in [5.74, 6) is 0.226. The van der Waals surface area contributed by atoms with Crippen molar-refractivity contribution in [3.8, 4) is 5.75 Å². The number of esters is 1. The number of anilines is 3. The van der Waals surface area contributed by atoms with Crippen LogP contribution in [0.3, 0.4) is 0 Å².